The Labute approximate surface area is 97.4 Å². The minimum Gasteiger partial charge on any atom is -0.505 e. The maximum absolute atomic E-state index is 13.0. The molecule has 2 rings (SSSR count). The first kappa shape index (κ1) is 11.1. The number of phenolic OH excluding ortho intramolecular Hbond substituents is 1. The first-order chi connectivity index (χ1) is 7.77. The van der Waals surface area contributed by atoms with Gasteiger partial charge in [0, 0.05) is 18.7 Å². The third kappa shape index (κ3) is 2.59. The van der Waals surface area contributed by atoms with Crippen LogP contribution in [0, 0.1) is 5.82 Å². The Balaban J connectivity index is 1.92. The highest BCUT2D eigenvalue weighted by molar-refractivity contribution is 7.07. The van der Waals surface area contributed by atoms with Gasteiger partial charge in [-0.3, -0.25) is 0 Å². The predicted molar refractivity (Wildman–Crippen MR) is 62.9 cm³/mol. The zero-order chi connectivity index (χ0) is 11.4. The molecule has 0 saturated heterocycles. The monoisotopic (exact) mass is 237 g/mol. The highest BCUT2D eigenvalue weighted by Gasteiger charge is 2.05. The lowest BCUT2D eigenvalue weighted by molar-refractivity contribution is 0.423. The highest BCUT2D eigenvalue weighted by Crippen LogP contribution is 2.20. The van der Waals surface area contributed by atoms with E-state index >= 15 is 0 Å². The number of thiophene rings is 1. The first-order valence-electron chi connectivity index (χ1n) is 4.95. The minimum absolute atomic E-state index is 0.264. The molecule has 84 valence electrons. The topological polar surface area (TPSA) is 32.3 Å². The molecule has 16 heavy (non-hydrogen) atoms. The fraction of sp³-hybridized carbons (Fsp3) is 0.167. The zero-order valence-corrected chi connectivity index (χ0v) is 9.43. The third-order valence-corrected chi connectivity index (χ3v) is 3.03. The van der Waals surface area contributed by atoms with E-state index in [0.29, 0.717) is 12.1 Å². The predicted octanol–water partition coefficient (Wildman–Crippen LogP) is 2.88. The molecule has 0 unspecified atom stereocenters. The maximum atomic E-state index is 13.0. The van der Waals surface area contributed by atoms with Crippen molar-refractivity contribution in [2.75, 3.05) is 0 Å². The molecule has 0 saturated carbocycles. The normalized spacial score (nSPS) is 10.6. The Morgan fingerprint density at radius 2 is 2.12 bits per heavy atom. The number of nitrogens with one attached hydrogen (secondary N) is 1. The van der Waals surface area contributed by atoms with Crippen molar-refractivity contribution >= 4 is 11.3 Å². The zero-order valence-electron chi connectivity index (χ0n) is 8.61. The minimum atomic E-state index is -0.574. The summed E-state index contributed by atoms with van der Waals surface area (Å²) in [6.07, 6.45) is 0. The van der Waals surface area contributed by atoms with E-state index in [-0.39, 0.29) is 5.75 Å². The molecule has 0 fully saturated rings. The average Bonchev–Trinajstić information content (AvgIpc) is 2.77. The Morgan fingerprint density at radius 1 is 1.25 bits per heavy atom. The fourth-order valence-corrected chi connectivity index (χ4v) is 2.11. The van der Waals surface area contributed by atoms with Crippen LogP contribution in [0.25, 0.3) is 0 Å². The van der Waals surface area contributed by atoms with Gasteiger partial charge in [0.15, 0.2) is 11.6 Å². The largest absolute Gasteiger partial charge is 0.505 e. The molecule has 0 radical (unpaired) electrons. The summed E-state index contributed by atoms with van der Waals surface area (Å²) >= 11 is 1.64. The van der Waals surface area contributed by atoms with Crippen molar-refractivity contribution in [1.29, 1.82) is 0 Å². The number of para-hydroxylation sites is 1. The molecule has 0 aliphatic heterocycles. The Kier molecular flexibility index (Phi) is 3.54. The van der Waals surface area contributed by atoms with Gasteiger partial charge in [0.1, 0.15) is 0 Å². The van der Waals surface area contributed by atoms with Crippen LogP contribution in [0.3, 0.4) is 0 Å². The molecule has 0 atom stereocenters. The van der Waals surface area contributed by atoms with Crippen LogP contribution < -0.4 is 5.32 Å². The van der Waals surface area contributed by atoms with Gasteiger partial charge >= 0.3 is 0 Å². The molecule has 2 nitrogen and oxygen atoms in total. The molecule has 2 aromatic rings. The van der Waals surface area contributed by atoms with Crippen LogP contribution in [0.5, 0.6) is 5.75 Å². The summed E-state index contributed by atoms with van der Waals surface area (Å²) < 4.78 is 13.0. The lowest BCUT2D eigenvalue weighted by Crippen LogP contribution is -2.12. The van der Waals surface area contributed by atoms with Crippen molar-refractivity contribution in [2.24, 2.45) is 0 Å². The van der Waals surface area contributed by atoms with E-state index in [1.54, 1.807) is 23.5 Å². The van der Waals surface area contributed by atoms with Crippen LogP contribution in [0.15, 0.2) is 35.0 Å². The molecule has 0 aliphatic rings. The van der Waals surface area contributed by atoms with Gasteiger partial charge < -0.3 is 10.4 Å². The molecule has 0 spiro atoms. The summed E-state index contributed by atoms with van der Waals surface area (Å²) in [4.78, 5) is 0. The number of rotatable bonds is 4. The van der Waals surface area contributed by atoms with Crippen molar-refractivity contribution in [3.8, 4) is 5.75 Å². The Morgan fingerprint density at radius 3 is 2.88 bits per heavy atom. The van der Waals surface area contributed by atoms with Gasteiger partial charge in [-0.05, 0) is 28.5 Å². The van der Waals surface area contributed by atoms with E-state index in [0.717, 1.165) is 6.54 Å². The van der Waals surface area contributed by atoms with E-state index in [9.17, 15) is 9.50 Å². The van der Waals surface area contributed by atoms with E-state index in [1.807, 2.05) is 11.4 Å². The Bertz CT molecular complexity index is 456. The summed E-state index contributed by atoms with van der Waals surface area (Å²) in [5.41, 5.74) is 1.77. The van der Waals surface area contributed by atoms with Gasteiger partial charge in [0.2, 0.25) is 0 Å². The second kappa shape index (κ2) is 5.09. The maximum Gasteiger partial charge on any atom is 0.165 e. The molecule has 1 aromatic heterocycles. The molecule has 4 heteroatoms. The number of hydrogen-bond donors (Lipinski definition) is 2. The second-order valence-corrected chi connectivity index (χ2v) is 4.26. The molecule has 1 aromatic carbocycles. The summed E-state index contributed by atoms with van der Waals surface area (Å²) in [6.45, 7) is 1.18. The van der Waals surface area contributed by atoms with Gasteiger partial charge in [0.25, 0.3) is 0 Å². The van der Waals surface area contributed by atoms with E-state index in [4.69, 9.17) is 0 Å². The van der Waals surface area contributed by atoms with E-state index in [2.05, 4.69) is 10.7 Å². The van der Waals surface area contributed by atoms with Crippen molar-refractivity contribution in [1.82, 2.24) is 5.32 Å². The molecule has 2 N–H and O–H groups in total. The number of hydrogen-bond acceptors (Lipinski definition) is 3. The SMILES string of the molecule is Oc1c(F)cccc1CNCc1ccsc1. The Hall–Kier alpha value is -1.39. The molecular formula is C12H12FNOS. The van der Waals surface area contributed by atoms with Crippen molar-refractivity contribution < 1.29 is 9.50 Å². The van der Waals surface area contributed by atoms with Crippen molar-refractivity contribution in [3.05, 3.63) is 52.0 Å². The number of phenols is 1. The summed E-state index contributed by atoms with van der Waals surface area (Å²) in [7, 11) is 0. The van der Waals surface area contributed by atoms with Crippen LogP contribution in [-0.2, 0) is 13.1 Å². The summed E-state index contributed by atoms with van der Waals surface area (Å²) in [5.74, 6) is -0.838. The molecule has 0 bridgehead atoms. The van der Waals surface area contributed by atoms with Crippen LogP contribution >= 0.6 is 11.3 Å². The van der Waals surface area contributed by atoms with Gasteiger partial charge in [-0.15, -0.1) is 0 Å². The lowest BCUT2D eigenvalue weighted by Gasteiger charge is -2.06. The standard InChI is InChI=1S/C12H12FNOS/c13-11-3-1-2-10(12(11)15)7-14-6-9-4-5-16-8-9/h1-5,8,14-15H,6-7H2. The third-order valence-electron chi connectivity index (χ3n) is 2.30. The number of benzene rings is 1. The second-order valence-electron chi connectivity index (χ2n) is 3.48. The van der Waals surface area contributed by atoms with Crippen LogP contribution in [0.1, 0.15) is 11.1 Å². The van der Waals surface area contributed by atoms with Gasteiger partial charge in [-0.25, -0.2) is 4.39 Å². The lowest BCUT2D eigenvalue weighted by atomic mass is 10.2. The summed E-state index contributed by atoms with van der Waals surface area (Å²) in [6, 6.07) is 6.58. The van der Waals surface area contributed by atoms with E-state index < -0.39 is 5.82 Å². The van der Waals surface area contributed by atoms with E-state index in [1.165, 1.54) is 11.6 Å². The first-order valence-corrected chi connectivity index (χ1v) is 5.90. The molecule has 1 heterocycles. The average molecular weight is 237 g/mol. The van der Waals surface area contributed by atoms with Gasteiger partial charge in [-0.2, -0.15) is 11.3 Å². The van der Waals surface area contributed by atoms with Crippen molar-refractivity contribution in [2.45, 2.75) is 13.1 Å². The number of aromatic hydroxyl groups is 1. The van der Waals surface area contributed by atoms with Crippen LogP contribution in [0.2, 0.25) is 0 Å². The fourth-order valence-electron chi connectivity index (χ4n) is 1.44. The van der Waals surface area contributed by atoms with Gasteiger partial charge in [0.05, 0.1) is 0 Å². The highest BCUT2D eigenvalue weighted by atomic mass is 32.1. The van der Waals surface area contributed by atoms with Crippen LogP contribution in [-0.4, -0.2) is 5.11 Å². The van der Waals surface area contributed by atoms with Crippen molar-refractivity contribution in [3.63, 3.8) is 0 Å². The summed E-state index contributed by atoms with van der Waals surface area (Å²) in [5, 5.41) is 16.7. The number of halogens is 1. The molecule has 0 amide bonds. The quantitative estimate of drug-likeness (QED) is 0.857. The van der Waals surface area contributed by atoms with Gasteiger partial charge in [-0.1, -0.05) is 12.1 Å². The smallest absolute Gasteiger partial charge is 0.165 e. The molecular weight excluding hydrogens is 225 g/mol. The van der Waals surface area contributed by atoms with Crippen LogP contribution in [0.4, 0.5) is 4.39 Å². The molecule has 0 aliphatic carbocycles.